The van der Waals surface area contributed by atoms with Crippen molar-refractivity contribution in [1.29, 1.82) is 0 Å². The minimum absolute atomic E-state index is 0.181. The van der Waals surface area contributed by atoms with E-state index in [1.54, 1.807) is 0 Å². The maximum Gasteiger partial charge on any atom is 0.117 e. The zero-order valence-electron chi connectivity index (χ0n) is 12.3. The maximum absolute atomic E-state index is 4.97. The largest absolute Gasteiger partial charge is 0.330 e. The SMILES string of the molecule is Cc1cccc2nc(C3(C(C)C)CCNC3)n(C)c12. The van der Waals surface area contributed by atoms with Crippen LogP contribution >= 0.6 is 0 Å². The van der Waals surface area contributed by atoms with Crippen molar-refractivity contribution in [2.75, 3.05) is 13.1 Å². The second-order valence-electron chi connectivity index (χ2n) is 6.17. The first-order chi connectivity index (χ1) is 9.06. The van der Waals surface area contributed by atoms with E-state index in [0.717, 1.165) is 18.6 Å². The van der Waals surface area contributed by atoms with Crippen molar-refractivity contribution in [1.82, 2.24) is 14.9 Å². The molecule has 19 heavy (non-hydrogen) atoms. The van der Waals surface area contributed by atoms with Crippen molar-refractivity contribution in [3.8, 4) is 0 Å². The van der Waals surface area contributed by atoms with Crippen LogP contribution in [-0.2, 0) is 12.5 Å². The Morgan fingerprint density at radius 3 is 2.74 bits per heavy atom. The number of fused-ring (bicyclic) bond motifs is 1. The minimum Gasteiger partial charge on any atom is -0.330 e. The lowest BCUT2D eigenvalue weighted by molar-refractivity contribution is 0.311. The van der Waals surface area contributed by atoms with Crippen LogP contribution in [0.25, 0.3) is 11.0 Å². The number of imidazole rings is 1. The molecule has 1 aromatic heterocycles. The monoisotopic (exact) mass is 257 g/mol. The molecule has 0 radical (unpaired) electrons. The zero-order valence-corrected chi connectivity index (χ0v) is 12.3. The molecule has 1 aliphatic heterocycles. The Bertz CT molecular complexity index is 604. The van der Waals surface area contributed by atoms with Gasteiger partial charge in [0.15, 0.2) is 0 Å². The van der Waals surface area contributed by atoms with Crippen molar-refractivity contribution in [3.05, 3.63) is 29.6 Å². The first kappa shape index (κ1) is 12.7. The topological polar surface area (TPSA) is 29.9 Å². The second-order valence-corrected chi connectivity index (χ2v) is 6.17. The fourth-order valence-electron chi connectivity index (χ4n) is 3.56. The van der Waals surface area contributed by atoms with Gasteiger partial charge in [0.25, 0.3) is 0 Å². The molecule has 102 valence electrons. The predicted molar refractivity (Wildman–Crippen MR) is 79.5 cm³/mol. The van der Waals surface area contributed by atoms with Crippen LogP contribution in [0.1, 0.15) is 31.7 Å². The molecule has 1 unspecified atom stereocenters. The number of hydrogen-bond acceptors (Lipinski definition) is 2. The molecule has 0 aliphatic carbocycles. The molecule has 2 aromatic rings. The highest BCUT2D eigenvalue weighted by atomic mass is 15.1. The fourth-order valence-corrected chi connectivity index (χ4v) is 3.56. The maximum atomic E-state index is 4.97. The first-order valence-electron chi connectivity index (χ1n) is 7.19. The van der Waals surface area contributed by atoms with Crippen molar-refractivity contribution in [2.24, 2.45) is 13.0 Å². The van der Waals surface area contributed by atoms with Crippen LogP contribution < -0.4 is 5.32 Å². The zero-order chi connectivity index (χ0) is 13.6. The summed E-state index contributed by atoms with van der Waals surface area (Å²) in [4.78, 5) is 4.97. The summed E-state index contributed by atoms with van der Waals surface area (Å²) in [5.74, 6) is 1.84. The van der Waals surface area contributed by atoms with Gasteiger partial charge in [-0.1, -0.05) is 26.0 Å². The van der Waals surface area contributed by atoms with Crippen LogP contribution in [0.3, 0.4) is 0 Å². The Hall–Kier alpha value is -1.35. The lowest BCUT2D eigenvalue weighted by Gasteiger charge is -2.32. The van der Waals surface area contributed by atoms with Gasteiger partial charge in [0, 0.05) is 19.0 Å². The van der Waals surface area contributed by atoms with Gasteiger partial charge in [0.05, 0.1) is 11.0 Å². The molecular weight excluding hydrogens is 234 g/mol. The van der Waals surface area contributed by atoms with Gasteiger partial charge in [0.1, 0.15) is 5.82 Å². The van der Waals surface area contributed by atoms with Crippen molar-refractivity contribution < 1.29 is 0 Å². The van der Waals surface area contributed by atoms with Crippen LogP contribution in [0.5, 0.6) is 0 Å². The molecular formula is C16H23N3. The van der Waals surface area contributed by atoms with Gasteiger partial charge < -0.3 is 9.88 Å². The Labute approximate surface area is 115 Å². The molecule has 0 bridgehead atoms. The van der Waals surface area contributed by atoms with Gasteiger partial charge in [-0.05, 0) is 37.4 Å². The van der Waals surface area contributed by atoms with Gasteiger partial charge in [-0.3, -0.25) is 0 Å². The number of para-hydroxylation sites is 1. The third kappa shape index (κ3) is 1.71. The molecule has 1 saturated heterocycles. The average Bonchev–Trinajstić information content (AvgIpc) is 2.96. The molecule has 0 amide bonds. The summed E-state index contributed by atoms with van der Waals surface area (Å²) in [6.07, 6.45) is 1.18. The Morgan fingerprint density at radius 1 is 1.37 bits per heavy atom. The summed E-state index contributed by atoms with van der Waals surface area (Å²) in [6, 6.07) is 6.40. The standard InChI is InChI=1S/C16H23N3/c1-11(2)16(8-9-17-10-16)15-18-13-7-5-6-12(3)14(13)19(15)4/h5-7,11,17H,8-10H2,1-4H3. The van der Waals surface area contributed by atoms with Gasteiger partial charge in [-0.25, -0.2) is 4.98 Å². The Morgan fingerprint density at radius 2 is 2.16 bits per heavy atom. The second kappa shape index (κ2) is 4.34. The van der Waals surface area contributed by atoms with Gasteiger partial charge in [0.2, 0.25) is 0 Å². The Balaban J connectivity index is 2.25. The lowest BCUT2D eigenvalue weighted by atomic mass is 9.75. The van der Waals surface area contributed by atoms with Crippen LogP contribution in [0.4, 0.5) is 0 Å². The number of nitrogens with zero attached hydrogens (tertiary/aromatic N) is 2. The van der Waals surface area contributed by atoms with Crippen LogP contribution in [0.15, 0.2) is 18.2 Å². The number of hydrogen-bond donors (Lipinski definition) is 1. The van der Waals surface area contributed by atoms with E-state index in [1.165, 1.54) is 23.3 Å². The molecule has 3 heteroatoms. The molecule has 1 fully saturated rings. The number of benzene rings is 1. The third-order valence-corrected chi connectivity index (χ3v) is 4.83. The van der Waals surface area contributed by atoms with Crippen molar-refractivity contribution in [2.45, 2.75) is 32.6 Å². The molecule has 1 N–H and O–H groups in total. The van der Waals surface area contributed by atoms with E-state index in [-0.39, 0.29) is 5.41 Å². The van der Waals surface area contributed by atoms with Crippen LogP contribution in [0, 0.1) is 12.8 Å². The first-order valence-corrected chi connectivity index (χ1v) is 7.19. The average molecular weight is 257 g/mol. The number of aromatic nitrogens is 2. The number of rotatable bonds is 2. The summed E-state index contributed by atoms with van der Waals surface area (Å²) in [5, 5.41) is 3.53. The Kier molecular flexibility index (Phi) is 2.90. The molecule has 3 nitrogen and oxygen atoms in total. The summed E-state index contributed by atoms with van der Waals surface area (Å²) in [7, 11) is 2.17. The third-order valence-electron chi connectivity index (χ3n) is 4.83. The summed E-state index contributed by atoms with van der Waals surface area (Å²) < 4.78 is 2.32. The smallest absolute Gasteiger partial charge is 0.117 e. The summed E-state index contributed by atoms with van der Waals surface area (Å²) in [6.45, 7) is 8.95. The predicted octanol–water partition coefficient (Wildman–Crippen LogP) is 2.77. The normalized spacial score (nSPS) is 23.6. The molecule has 1 atom stereocenters. The van der Waals surface area contributed by atoms with Crippen LogP contribution in [-0.4, -0.2) is 22.6 Å². The minimum atomic E-state index is 0.181. The fraction of sp³-hybridized carbons (Fsp3) is 0.562. The van der Waals surface area contributed by atoms with Gasteiger partial charge in [-0.15, -0.1) is 0 Å². The molecule has 1 aromatic carbocycles. The van der Waals surface area contributed by atoms with E-state index in [2.05, 4.69) is 55.9 Å². The quantitative estimate of drug-likeness (QED) is 0.896. The van der Waals surface area contributed by atoms with E-state index < -0.39 is 0 Å². The van der Waals surface area contributed by atoms with Crippen molar-refractivity contribution in [3.63, 3.8) is 0 Å². The van der Waals surface area contributed by atoms with E-state index in [9.17, 15) is 0 Å². The molecule has 3 rings (SSSR count). The highest BCUT2D eigenvalue weighted by Gasteiger charge is 2.42. The molecule has 0 saturated carbocycles. The summed E-state index contributed by atoms with van der Waals surface area (Å²) >= 11 is 0. The number of aryl methyl sites for hydroxylation is 2. The summed E-state index contributed by atoms with van der Waals surface area (Å²) in [5.41, 5.74) is 3.90. The lowest BCUT2D eigenvalue weighted by Crippen LogP contribution is -2.37. The molecule has 2 heterocycles. The van der Waals surface area contributed by atoms with Crippen LogP contribution in [0.2, 0.25) is 0 Å². The van der Waals surface area contributed by atoms with E-state index >= 15 is 0 Å². The van der Waals surface area contributed by atoms with E-state index in [4.69, 9.17) is 4.98 Å². The highest BCUT2D eigenvalue weighted by Crippen LogP contribution is 2.38. The van der Waals surface area contributed by atoms with E-state index in [0.29, 0.717) is 5.92 Å². The van der Waals surface area contributed by atoms with Gasteiger partial charge >= 0.3 is 0 Å². The van der Waals surface area contributed by atoms with E-state index in [1.807, 2.05) is 0 Å². The van der Waals surface area contributed by atoms with Gasteiger partial charge in [-0.2, -0.15) is 0 Å². The number of nitrogens with one attached hydrogen (secondary N) is 1. The van der Waals surface area contributed by atoms with Crippen molar-refractivity contribution >= 4 is 11.0 Å². The highest BCUT2D eigenvalue weighted by molar-refractivity contribution is 5.79. The molecule has 1 aliphatic rings. The molecule has 0 spiro atoms.